The molecule has 0 unspecified atom stereocenters. The van der Waals surface area contributed by atoms with Crippen LogP contribution in [-0.2, 0) is 0 Å². The molecule has 3 heteroatoms. The van der Waals surface area contributed by atoms with E-state index in [1.807, 2.05) is 0 Å². The van der Waals surface area contributed by atoms with Crippen molar-refractivity contribution in [1.82, 2.24) is 0 Å². The average molecular weight is 199 g/mol. The van der Waals surface area contributed by atoms with Crippen LogP contribution in [0.1, 0.15) is 40.5 Å². The first-order chi connectivity index (χ1) is 5.54. The molecule has 0 aromatic rings. The molecule has 0 radical (unpaired) electrons. The summed E-state index contributed by atoms with van der Waals surface area (Å²) in [6, 6.07) is 0. The van der Waals surface area contributed by atoms with Gasteiger partial charge in [-0.15, -0.1) is 13.2 Å². The summed E-state index contributed by atoms with van der Waals surface area (Å²) in [4.78, 5) is 0. The molecule has 0 N–H and O–H groups in total. The molecule has 0 aliphatic heterocycles. The summed E-state index contributed by atoms with van der Waals surface area (Å²) in [5.41, 5.74) is 0. The monoisotopic (exact) mass is 198 g/mol. The van der Waals surface area contributed by atoms with Crippen LogP contribution in [0.15, 0.2) is 0 Å². The fraction of sp³-hybridized carbons (Fsp3) is 1.00. The minimum Gasteiger partial charge on any atom is -0.854 e. The number of hydrogen-bond donors (Lipinski definition) is 0. The fourth-order valence-electron chi connectivity index (χ4n) is 0.471. The van der Waals surface area contributed by atoms with E-state index < -0.39 is 0 Å². The predicted molar refractivity (Wildman–Crippen MR) is 54.4 cm³/mol. The first-order valence-electron chi connectivity index (χ1n) is 4.70. The minimum atomic E-state index is 0. The Balaban J connectivity index is -0.000000143. The third-order valence-corrected chi connectivity index (χ3v) is 1.39. The molecular weight excluding hydrogens is 176 g/mol. The van der Waals surface area contributed by atoms with Crippen LogP contribution >= 0.6 is 0 Å². The van der Waals surface area contributed by atoms with Gasteiger partial charge in [-0.3, -0.25) is 0 Å². The van der Waals surface area contributed by atoms with Crippen LogP contribution in [0.5, 0.6) is 0 Å². The van der Waals surface area contributed by atoms with Crippen molar-refractivity contribution in [2.45, 2.75) is 40.5 Å². The van der Waals surface area contributed by atoms with E-state index in [1.165, 1.54) is 0 Å². The standard InChI is InChI=1S/2C5H11O.Mg/c2*1-5(2)3-4-6;/h2*5H,3-4H2,1-2H3;/q2*-1;+2. The van der Waals surface area contributed by atoms with Gasteiger partial charge in [-0.1, -0.05) is 40.5 Å². The maximum atomic E-state index is 9.74. The van der Waals surface area contributed by atoms with Gasteiger partial charge in [0.1, 0.15) is 0 Å². The Labute approximate surface area is 98.9 Å². The molecule has 0 amide bonds. The summed E-state index contributed by atoms with van der Waals surface area (Å²) >= 11 is 0. The summed E-state index contributed by atoms with van der Waals surface area (Å²) in [6.07, 6.45) is 1.64. The average Bonchev–Trinajstić information content (AvgIpc) is 1.87. The Morgan fingerprint density at radius 3 is 1.00 bits per heavy atom. The third kappa shape index (κ3) is 32.4. The van der Waals surface area contributed by atoms with E-state index in [2.05, 4.69) is 27.7 Å². The topological polar surface area (TPSA) is 46.1 Å². The first-order valence-corrected chi connectivity index (χ1v) is 4.70. The van der Waals surface area contributed by atoms with E-state index in [0.29, 0.717) is 11.8 Å². The second-order valence-corrected chi connectivity index (χ2v) is 3.77. The van der Waals surface area contributed by atoms with Crippen molar-refractivity contribution in [3.05, 3.63) is 0 Å². The van der Waals surface area contributed by atoms with Gasteiger partial charge in [-0.25, -0.2) is 0 Å². The van der Waals surface area contributed by atoms with Crippen LogP contribution in [0, 0.1) is 11.8 Å². The SMILES string of the molecule is CC(C)CC[O-].CC(C)CC[O-].[Mg+2]. The van der Waals surface area contributed by atoms with Gasteiger partial charge in [-0.05, 0) is 11.8 Å². The van der Waals surface area contributed by atoms with Crippen LogP contribution in [0.3, 0.4) is 0 Å². The maximum Gasteiger partial charge on any atom is 2.00 e. The van der Waals surface area contributed by atoms with Crippen molar-refractivity contribution in [3.63, 3.8) is 0 Å². The smallest absolute Gasteiger partial charge is 0.854 e. The molecule has 0 aromatic carbocycles. The van der Waals surface area contributed by atoms with Crippen LogP contribution in [0.25, 0.3) is 0 Å². The largest absolute Gasteiger partial charge is 2.00 e. The Bertz CT molecular complexity index is 65.3. The summed E-state index contributed by atoms with van der Waals surface area (Å²) in [6.45, 7) is 8.38. The summed E-state index contributed by atoms with van der Waals surface area (Å²) in [5, 5.41) is 19.5. The van der Waals surface area contributed by atoms with Crippen LogP contribution in [-0.4, -0.2) is 36.3 Å². The Hall–Kier alpha value is 0.686. The van der Waals surface area contributed by atoms with Crippen LogP contribution in [0.4, 0.5) is 0 Å². The van der Waals surface area contributed by atoms with Crippen molar-refractivity contribution in [2.75, 3.05) is 13.2 Å². The van der Waals surface area contributed by atoms with Gasteiger partial charge in [0, 0.05) is 0 Å². The fourth-order valence-corrected chi connectivity index (χ4v) is 0.471. The van der Waals surface area contributed by atoms with Crippen molar-refractivity contribution in [3.8, 4) is 0 Å². The van der Waals surface area contributed by atoms with E-state index in [9.17, 15) is 10.2 Å². The van der Waals surface area contributed by atoms with Gasteiger partial charge in [0.2, 0.25) is 0 Å². The Kier molecular flexibility index (Phi) is 22.5. The second-order valence-electron chi connectivity index (χ2n) is 3.77. The van der Waals surface area contributed by atoms with E-state index in [0.717, 1.165) is 12.8 Å². The first kappa shape index (κ1) is 19.3. The van der Waals surface area contributed by atoms with Crippen molar-refractivity contribution < 1.29 is 10.2 Å². The minimum absolute atomic E-state index is 0. The van der Waals surface area contributed by atoms with E-state index in [4.69, 9.17) is 0 Å². The molecule has 0 aliphatic carbocycles. The Morgan fingerprint density at radius 1 is 0.769 bits per heavy atom. The molecule has 0 atom stereocenters. The number of hydrogen-bond acceptors (Lipinski definition) is 2. The third-order valence-electron chi connectivity index (χ3n) is 1.39. The Morgan fingerprint density at radius 2 is 1.00 bits per heavy atom. The molecule has 0 aromatic heterocycles. The molecule has 2 nitrogen and oxygen atoms in total. The molecule has 0 spiro atoms. The van der Waals surface area contributed by atoms with Crippen molar-refractivity contribution >= 4 is 23.1 Å². The van der Waals surface area contributed by atoms with Crippen molar-refractivity contribution in [1.29, 1.82) is 0 Å². The van der Waals surface area contributed by atoms with Crippen molar-refractivity contribution in [2.24, 2.45) is 11.8 Å². The summed E-state index contributed by atoms with van der Waals surface area (Å²) in [5.74, 6) is 1.17. The molecule has 76 valence electrons. The maximum absolute atomic E-state index is 9.74. The molecular formula is C10H22MgO2. The van der Waals surface area contributed by atoms with Gasteiger partial charge in [0.25, 0.3) is 0 Å². The normalized spacial score (nSPS) is 9.23. The van der Waals surface area contributed by atoms with Gasteiger partial charge >= 0.3 is 23.1 Å². The zero-order chi connectivity index (χ0) is 9.98. The zero-order valence-corrected chi connectivity index (χ0v) is 10.9. The van der Waals surface area contributed by atoms with Crippen LogP contribution in [0.2, 0.25) is 0 Å². The van der Waals surface area contributed by atoms with Gasteiger partial charge < -0.3 is 10.2 Å². The van der Waals surface area contributed by atoms with E-state index >= 15 is 0 Å². The number of rotatable bonds is 4. The molecule has 0 saturated heterocycles. The zero-order valence-electron chi connectivity index (χ0n) is 9.51. The molecule has 13 heavy (non-hydrogen) atoms. The van der Waals surface area contributed by atoms with Gasteiger partial charge in [0.15, 0.2) is 0 Å². The molecule has 0 aliphatic rings. The van der Waals surface area contributed by atoms with E-state index in [1.54, 1.807) is 0 Å². The summed E-state index contributed by atoms with van der Waals surface area (Å²) < 4.78 is 0. The molecule has 0 rings (SSSR count). The molecule has 0 saturated carbocycles. The second kappa shape index (κ2) is 15.2. The molecule has 0 fully saturated rings. The van der Waals surface area contributed by atoms with E-state index in [-0.39, 0.29) is 36.3 Å². The van der Waals surface area contributed by atoms with Gasteiger partial charge in [0.05, 0.1) is 0 Å². The summed E-state index contributed by atoms with van der Waals surface area (Å²) in [7, 11) is 0. The quantitative estimate of drug-likeness (QED) is 0.614. The van der Waals surface area contributed by atoms with Gasteiger partial charge in [-0.2, -0.15) is 0 Å². The predicted octanol–water partition coefficient (Wildman–Crippen LogP) is 0.405. The molecule has 0 bridgehead atoms. The molecule has 0 heterocycles. The van der Waals surface area contributed by atoms with Crippen LogP contribution < -0.4 is 10.2 Å².